The van der Waals surface area contributed by atoms with Crippen LogP contribution in [0.5, 0.6) is 0 Å². The van der Waals surface area contributed by atoms with Crippen molar-refractivity contribution in [3.05, 3.63) is 11.3 Å². The second-order valence-corrected chi connectivity index (χ2v) is 12.8. The van der Waals surface area contributed by atoms with E-state index < -0.39 is 8.32 Å². The molecule has 0 aromatic carbocycles. The topological polar surface area (TPSA) is 36.3 Å². The third kappa shape index (κ3) is 3.19. The van der Waals surface area contributed by atoms with Crippen molar-refractivity contribution < 1.29 is 4.43 Å². The Bertz CT molecular complexity index is 470. The van der Waals surface area contributed by atoms with E-state index >= 15 is 0 Å². The van der Waals surface area contributed by atoms with Gasteiger partial charge in [-0.25, -0.2) is 0 Å². The Hall–Kier alpha value is -0.793. The van der Waals surface area contributed by atoms with Crippen LogP contribution in [-0.4, -0.2) is 31.8 Å². The summed E-state index contributed by atoms with van der Waals surface area (Å²) >= 11 is 0. The Morgan fingerprint density at radius 3 is 2.52 bits per heavy atom. The van der Waals surface area contributed by atoms with E-state index in [2.05, 4.69) is 51.8 Å². The molecule has 2 atom stereocenters. The van der Waals surface area contributed by atoms with Crippen LogP contribution in [0.2, 0.25) is 18.1 Å². The maximum Gasteiger partial charge on any atom is 0.250 e. The van der Waals surface area contributed by atoms with Crippen LogP contribution < -0.4 is 0 Å². The summed E-state index contributed by atoms with van der Waals surface area (Å²) in [6.45, 7) is 14.7. The van der Waals surface area contributed by atoms with Crippen molar-refractivity contribution in [1.82, 2.24) is 4.90 Å². The van der Waals surface area contributed by atoms with Gasteiger partial charge in [0.25, 0.3) is 0 Å². The zero-order valence-corrected chi connectivity index (χ0v) is 15.5. The molecule has 2 rings (SSSR count). The lowest BCUT2D eigenvalue weighted by Crippen LogP contribution is -2.51. The summed E-state index contributed by atoms with van der Waals surface area (Å²) in [7, 11) is -1.82. The quantitative estimate of drug-likeness (QED) is 0.708. The number of piperidine rings is 1. The highest BCUT2D eigenvalue weighted by atomic mass is 28.4. The van der Waals surface area contributed by atoms with Gasteiger partial charge in [-0.15, -0.1) is 0 Å². The van der Waals surface area contributed by atoms with E-state index in [0.717, 1.165) is 18.7 Å². The highest BCUT2D eigenvalue weighted by molar-refractivity contribution is 6.74. The monoisotopic (exact) mass is 306 g/mol. The van der Waals surface area contributed by atoms with Crippen LogP contribution >= 0.6 is 0 Å². The highest BCUT2D eigenvalue weighted by Crippen LogP contribution is 2.41. The Kier molecular flexibility index (Phi) is 4.56. The molecular weight excluding hydrogens is 276 g/mol. The SMILES string of the molecule is CC1=C(O[Si](C)(C)C(C)(C)C)C[C@H](C#N)N2CCCC[C@@H]12. The van der Waals surface area contributed by atoms with Crippen LogP contribution in [0.1, 0.15) is 53.4 Å². The maximum atomic E-state index is 9.53. The van der Waals surface area contributed by atoms with Gasteiger partial charge in [0.05, 0.1) is 11.8 Å². The van der Waals surface area contributed by atoms with Gasteiger partial charge in [-0.3, -0.25) is 4.90 Å². The van der Waals surface area contributed by atoms with E-state index in [1.165, 1.54) is 24.8 Å². The molecule has 21 heavy (non-hydrogen) atoms. The van der Waals surface area contributed by atoms with E-state index in [9.17, 15) is 5.26 Å². The normalized spacial score (nSPS) is 28.0. The first-order valence-corrected chi connectivity index (χ1v) is 11.1. The van der Waals surface area contributed by atoms with E-state index in [0.29, 0.717) is 6.04 Å². The molecule has 1 fully saturated rings. The summed E-state index contributed by atoms with van der Waals surface area (Å²) in [4.78, 5) is 2.40. The Balaban J connectivity index is 2.28. The summed E-state index contributed by atoms with van der Waals surface area (Å²) in [5, 5.41) is 9.73. The van der Waals surface area contributed by atoms with Gasteiger partial charge in [-0.05, 0) is 43.5 Å². The van der Waals surface area contributed by atoms with Crippen LogP contribution in [0.4, 0.5) is 0 Å². The van der Waals surface area contributed by atoms with Crippen molar-refractivity contribution in [2.45, 2.75) is 83.6 Å². The lowest BCUT2D eigenvalue weighted by atomic mass is 9.88. The molecule has 0 amide bonds. The number of hydrogen-bond donors (Lipinski definition) is 0. The molecule has 0 aromatic heterocycles. The van der Waals surface area contributed by atoms with Crippen LogP contribution in [-0.2, 0) is 4.43 Å². The van der Waals surface area contributed by atoms with E-state index in [-0.39, 0.29) is 11.1 Å². The van der Waals surface area contributed by atoms with Gasteiger partial charge in [0.15, 0.2) is 0 Å². The van der Waals surface area contributed by atoms with Crippen molar-refractivity contribution in [2.75, 3.05) is 6.54 Å². The molecular formula is C17H30N2OSi. The summed E-state index contributed by atoms with van der Waals surface area (Å²) in [6.07, 6.45) is 4.43. The van der Waals surface area contributed by atoms with Crippen LogP contribution in [0.15, 0.2) is 11.3 Å². The third-order valence-electron chi connectivity index (χ3n) is 5.60. The fourth-order valence-electron chi connectivity index (χ4n) is 3.13. The average molecular weight is 307 g/mol. The van der Waals surface area contributed by atoms with Gasteiger partial charge in [0.2, 0.25) is 8.32 Å². The van der Waals surface area contributed by atoms with Gasteiger partial charge in [-0.2, -0.15) is 5.26 Å². The van der Waals surface area contributed by atoms with E-state index in [4.69, 9.17) is 4.43 Å². The molecule has 2 aliphatic heterocycles. The molecule has 118 valence electrons. The van der Waals surface area contributed by atoms with Crippen molar-refractivity contribution in [3.8, 4) is 6.07 Å². The Morgan fingerprint density at radius 1 is 1.29 bits per heavy atom. The molecule has 0 radical (unpaired) electrons. The summed E-state index contributed by atoms with van der Waals surface area (Å²) in [6, 6.07) is 2.93. The Morgan fingerprint density at radius 2 is 1.95 bits per heavy atom. The molecule has 2 heterocycles. The second-order valence-electron chi connectivity index (χ2n) is 8.07. The van der Waals surface area contributed by atoms with Crippen molar-refractivity contribution in [1.29, 1.82) is 5.26 Å². The lowest BCUT2D eigenvalue weighted by molar-refractivity contribution is 0.113. The largest absolute Gasteiger partial charge is 0.546 e. The fraction of sp³-hybridized carbons (Fsp3) is 0.824. The van der Waals surface area contributed by atoms with Crippen molar-refractivity contribution >= 4 is 8.32 Å². The minimum Gasteiger partial charge on any atom is -0.546 e. The smallest absolute Gasteiger partial charge is 0.250 e. The molecule has 3 nitrogen and oxygen atoms in total. The van der Waals surface area contributed by atoms with E-state index in [1.54, 1.807) is 0 Å². The highest BCUT2D eigenvalue weighted by Gasteiger charge is 2.43. The van der Waals surface area contributed by atoms with E-state index in [1.807, 2.05) is 0 Å². The minimum atomic E-state index is -1.82. The third-order valence-corrected chi connectivity index (χ3v) is 9.97. The van der Waals surface area contributed by atoms with Crippen molar-refractivity contribution in [2.24, 2.45) is 0 Å². The lowest BCUT2D eigenvalue weighted by Gasteiger charge is -2.46. The Labute approximate surface area is 131 Å². The first-order chi connectivity index (χ1) is 9.67. The van der Waals surface area contributed by atoms with Crippen LogP contribution in [0.3, 0.4) is 0 Å². The number of rotatable bonds is 2. The molecule has 0 N–H and O–H groups in total. The van der Waals surface area contributed by atoms with Crippen molar-refractivity contribution in [3.63, 3.8) is 0 Å². The summed E-state index contributed by atoms with van der Waals surface area (Å²) in [5.74, 6) is 1.12. The first-order valence-electron chi connectivity index (χ1n) is 8.21. The summed E-state index contributed by atoms with van der Waals surface area (Å²) in [5.41, 5.74) is 1.38. The van der Waals surface area contributed by atoms with Crippen LogP contribution in [0.25, 0.3) is 0 Å². The van der Waals surface area contributed by atoms with Gasteiger partial charge in [-0.1, -0.05) is 27.2 Å². The minimum absolute atomic E-state index is 0.00114. The standard InChI is InChI=1S/C17H30N2OSi/c1-13-15-9-7-8-10-19(15)14(12-18)11-16(13)20-21(5,6)17(2,3)4/h14-15H,7-11H2,1-6H3/t14-,15+/m1/s1. The fourth-order valence-corrected chi connectivity index (χ4v) is 4.30. The van der Waals surface area contributed by atoms with Crippen LogP contribution in [0, 0.1) is 11.3 Å². The number of hydrogen-bond acceptors (Lipinski definition) is 3. The molecule has 0 unspecified atom stereocenters. The number of fused-ring (bicyclic) bond motifs is 1. The molecule has 0 saturated carbocycles. The molecule has 0 spiro atoms. The van der Waals surface area contributed by atoms with Gasteiger partial charge in [0, 0.05) is 19.0 Å². The zero-order valence-electron chi connectivity index (χ0n) is 14.5. The van der Waals surface area contributed by atoms with Gasteiger partial charge >= 0.3 is 0 Å². The zero-order chi connectivity index (χ0) is 15.8. The molecule has 4 heteroatoms. The average Bonchev–Trinajstić information content (AvgIpc) is 2.40. The van der Waals surface area contributed by atoms with Gasteiger partial charge < -0.3 is 4.43 Å². The molecule has 0 aromatic rings. The molecule has 2 aliphatic rings. The predicted molar refractivity (Wildman–Crippen MR) is 89.3 cm³/mol. The second kappa shape index (κ2) is 5.77. The maximum absolute atomic E-state index is 9.53. The van der Waals surface area contributed by atoms with Gasteiger partial charge in [0.1, 0.15) is 6.04 Å². The first kappa shape index (κ1) is 16.6. The molecule has 0 bridgehead atoms. The molecule has 1 saturated heterocycles. The number of nitriles is 1. The predicted octanol–water partition coefficient (Wildman–Crippen LogP) is 4.43. The molecule has 0 aliphatic carbocycles. The number of nitrogens with zero attached hydrogens (tertiary/aromatic N) is 2. The summed E-state index contributed by atoms with van der Waals surface area (Å²) < 4.78 is 6.58.